The van der Waals surface area contributed by atoms with E-state index in [9.17, 15) is 22.4 Å². The Hall–Kier alpha value is -3.49. The summed E-state index contributed by atoms with van der Waals surface area (Å²) in [7, 11) is 0. The number of nitrogens with two attached hydrogens (primary N) is 1. The monoisotopic (exact) mass is 404 g/mol. The molecule has 1 amide bonds. The minimum Gasteiger partial charge on any atom is -0.398 e. The minimum atomic E-state index is -2.99. The highest BCUT2D eigenvalue weighted by atomic mass is 19.3. The van der Waals surface area contributed by atoms with Gasteiger partial charge in [-0.15, -0.1) is 0 Å². The van der Waals surface area contributed by atoms with Gasteiger partial charge in [-0.05, 0) is 25.1 Å². The Kier molecular flexibility index (Phi) is 5.76. The molecule has 3 rings (SSSR count). The maximum atomic E-state index is 14.3. The number of amides is 1. The van der Waals surface area contributed by atoms with E-state index in [2.05, 4.69) is 15.3 Å². The van der Waals surface area contributed by atoms with E-state index in [1.807, 2.05) is 0 Å². The topological polar surface area (TPSA) is 80.9 Å². The van der Waals surface area contributed by atoms with Crippen LogP contribution in [0.3, 0.4) is 0 Å². The van der Waals surface area contributed by atoms with Crippen LogP contribution in [0.5, 0.6) is 0 Å². The summed E-state index contributed by atoms with van der Waals surface area (Å²) < 4.78 is 54.4. The van der Waals surface area contributed by atoms with E-state index in [-0.39, 0.29) is 28.1 Å². The molecule has 3 aromatic rings. The molecule has 1 aromatic heterocycles. The summed E-state index contributed by atoms with van der Waals surface area (Å²) in [5.41, 5.74) is 5.00. The standard InChI is InChI=1S/C20H16F4N4O/c1-10(11-3-2-4-12(18(11)22)19(23)24)28-20(29)14-7-13(15(21)8-16(14)25)17-5-6-26-9-27-17/h2-10,19H,25H2,1H3,(H,28,29)/t10-/m1/s1. The zero-order chi connectivity index (χ0) is 21.1. The number of hydrogen-bond donors (Lipinski definition) is 2. The Labute approximate surface area is 163 Å². The second-order valence-corrected chi connectivity index (χ2v) is 6.26. The van der Waals surface area contributed by atoms with Crippen molar-refractivity contribution in [2.75, 3.05) is 5.73 Å². The number of carbonyl (C=O) groups excluding carboxylic acids is 1. The fourth-order valence-electron chi connectivity index (χ4n) is 2.86. The number of nitrogen functional groups attached to an aromatic ring is 1. The van der Waals surface area contributed by atoms with Gasteiger partial charge in [-0.2, -0.15) is 0 Å². The normalized spacial score (nSPS) is 12.1. The molecular weight excluding hydrogens is 388 g/mol. The van der Waals surface area contributed by atoms with Crippen molar-refractivity contribution < 1.29 is 22.4 Å². The molecule has 29 heavy (non-hydrogen) atoms. The number of halogens is 4. The van der Waals surface area contributed by atoms with Crippen molar-refractivity contribution in [3.05, 3.63) is 77.2 Å². The number of hydrogen-bond acceptors (Lipinski definition) is 4. The Morgan fingerprint density at radius 1 is 1.14 bits per heavy atom. The fraction of sp³-hybridized carbons (Fsp3) is 0.150. The number of aromatic nitrogens is 2. The first-order chi connectivity index (χ1) is 13.8. The van der Waals surface area contributed by atoms with Crippen LogP contribution in [0.2, 0.25) is 0 Å². The van der Waals surface area contributed by atoms with Crippen LogP contribution in [0.25, 0.3) is 11.3 Å². The van der Waals surface area contributed by atoms with Crippen molar-refractivity contribution >= 4 is 11.6 Å². The van der Waals surface area contributed by atoms with E-state index in [1.165, 1.54) is 43.7 Å². The van der Waals surface area contributed by atoms with Gasteiger partial charge in [-0.25, -0.2) is 27.5 Å². The lowest BCUT2D eigenvalue weighted by molar-refractivity contribution is 0.0940. The molecular formula is C20H16F4N4O. The Morgan fingerprint density at radius 3 is 2.52 bits per heavy atom. The summed E-state index contributed by atoms with van der Waals surface area (Å²) in [6.45, 7) is 1.44. The SMILES string of the molecule is C[C@@H](NC(=O)c1cc(-c2ccncn2)c(F)cc1N)c1cccc(C(F)F)c1F. The highest BCUT2D eigenvalue weighted by Crippen LogP contribution is 2.29. The molecule has 0 radical (unpaired) electrons. The second kappa shape index (κ2) is 8.26. The zero-order valence-electron chi connectivity index (χ0n) is 15.2. The van der Waals surface area contributed by atoms with Gasteiger partial charge in [0.1, 0.15) is 18.0 Å². The van der Waals surface area contributed by atoms with Crippen LogP contribution in [-0.2, 0) is 0 Å². The second-order valence-electron chi connectivity index (χ2n) is 6.26. The summed E-state index contributed by atoms with van der Waals surface area (Å²) in [6, 6.07) is 6.28. The molecule has 1 atom stereocenters. The third kappa shape index (κ3) is 4.18. The lowest BCUT2D eigenvalue weighted by Gasteiger charge is -2.18. The van der Waals surface area contributed by atoms with E-state index in [4.69, 9.17) is 5.73 Å². The van der Waals surface area contributed by atoms with Crippen molar-refractivity contribution in [1.29, 1.82) is 0 Å². The highest BCUT2D eigenvalue weighted by Gasteiger charge is 2.22. The van der Waals surface area contributed by atoms with Crippen molar-refractivity contribution in [2.45, 2.75) is 19.4 Å². The van der Waals surface area contributed by atoms with Crippen molar-refractivity contribution in [1.82, 2.24) is 15.3 Å². The molecule has 0 saturated heterocycles. The van der Waals surface area contributed by atoms with Crippen molar-refractivity contribution in [3.8, 4) is 11.3 Å². The maximum absolute atomic E-state index is 14.3. The van der Waals surface area contributed by atoms with Crippen LogP contribution in [0.15, 0.2) is 48.9 Å². The van der Waals surface area contributed by atoms with Crippen LogP contribution in [-0.4, -0.2) is 15.9 Å². The summed E-state index contributed by atoms with van der Waals surface area (Å²) >= 11 is 0. The lowest BCUT2D eigenvalue weighted by atomic mass is 10.0. The first-order valence-electron chi connectivity index (χ1n) is 8.52. The molecule has 0 saturated carbocycles. The molecule has 0 aliphatic carbocycles. The number of carbonyl (C=O) groups is 1. The number of benzene rings is 2. The molecule has 2 aromatic carbocycles. The number of rotatable bonds is 5. The quantitative estimate of drug-likeness (QED) is 0.487. The lowest BCUT2D eigenvalue weighted by Crippen LogP contribution is -2.28. The number of nitrogens with one attached hydrogen (secondary N) is 1. The van der Waals surface area contributed by atoms with Gasteiger partial charge < -0.3 is 11.1 Å². The fourth-order valence-corrected chi connectivity index (χ4v) is 2.86. The molecule has 3 N–H and O–H groups in total. The molecule has 0 spiro atoms. The first kappa shape index (κ1) is 20.2. The average molecular weight is 404 g/mol. The molecule has 0 aliphatic rings. The van der Waals surface area contributed by atoms with Crippen LogP contribution in [0.1, 0.15) is 40.9 Å². The van der Waals surface area contributed by atoms with Crippen LogP contribution in [0.4, 0.5) is 23.2 Å². The molecule has 9 heteroatoms. The van der Waals surface area contributed by atoms with Gasteiger partial charge in [0, 0.05) is 23.0 Å². The van der Waals surface area contributed by atoms with Crippen molar-refractivity contribution in [3.63, 3.8) is 0 Å². The van der Waals surface area contributed by atoms with E-state index in [0.717, 1.165) is 12.1 Å². The molecule has 0 fully saturated rings. The third-order valence-electron chi connectivity index (χ3n) is 4.35. The van der Waals surface area contributed by atoms with Gasteiger partial charge in [0.25, 0.3) is 12.3 Å². The predicted molar refractivity (Wildman–Crippen MR) is 99.1 cm³/mol. The number of anilines is 1. The number of nitrogens with zero attached hydrogens (tertiary/aromatic N) is 2. The molecule has 150 valence electrons. The summed E-state index contributed by atoms with van der Waals surface area (Å²) in [5.74, 6) is -2.49. The van der Waals surface area contributed by atoms with Gasteiger partial charge in [0.15, 0.2) is 0 Å². The molecule has 0 aliphatic heterocycles. The first-order valence-corrected chi connectivity index (χ1v) is 8.52. The maximum Gasteiger partial charge on any atom is 0.266 e. The van der Waals surface area contributed by atoms with Gasteiger partial charge in [-0.1, -0.05) is 18.2 Å². The Balaban J connectivity index is 1.91. The minimum absolute atomic E-state index is 0.0327. The Morgan fingerprint density at radius 2 is 1.86 bits per heavy atom. The predicted octanol–water partition coefficient (Wildman–Crippen LogP) is 4.43. The average Bonchev–Trinajstić information content (AvgIpc) is 2.68. The zero-order valence-corrected chi connectivity index (χ0v) is 15.2. The van der Waals surface area contributed by atoms with Crippen molar-refractivity contribution in [2.24, 2.45) is 0 Å². The molecule has 5 nitrogen and oxygen atoms in total. The van der Waals surface area contributed by atoms with Gasteiger partial charge in [0.05, 0.1) is 22.9 Å². The van der Waals surface area contributed by atoms with Crippen LogP contribution < -0.4 is 11.1 Å². The Bertz CT molecular complexity index is 1040. The smallest absolute Gasteiger partial charge is 0.266 e. The van der Waals surface area contributed by atoms with E-state index < -0.39 is 35.6 Å². The molecule has 1 heterocycles. The summed E-state index contributed by atoms with van der Waals surface area (Å²) in [5, 5.41) is 2.50. The van der Waals surface area contributed by atoms with E-state index in [1.54, 1.807) is 0 Å². The summed E-state index contributed by atoms with van der Waals surface area (Å²) in [4.78, 5) is 20.3. The van der Waals surface area contributed by atoms with E-state index in [0.29, 0.717) is 0 Å². The highest BCUT2D eigenvalue weighted by molar-refractivity contribution is 6.00. The van der Waals surface area contributed by atoms with E-state index >= 15 is 0 Å². The van der Waals surface area contributed by atoms with Gasteiger partial charge in [-0.3, -0.25) is 4.79 Å². The van der Waals surface area contributed by atoms with Gasteiger partial charge >= 0.3 is 0 Å². The third-order valence-corrected chi connectivity index (χ3v) is 4.35. The number of alkyl halides is 2. The van der Waals surface area contributed by atoms with Crippen LogP contribution in [0, 0.1) is 11.6 Å². The van der Waals surface area contributed by atoms with Crippen LogP contribution >= 0.6 is 0 Å². The molecule has 0 bridgehead atoms. The molecule has 0 unspecified atom stereocenters. The summed E-state index contributed by atoms with van der Waals surface area (Å²) in [6.07, 6.45) is -0.342. The van der Waals surface area contributed by atoms with Gasteiger partial charge in [0.2, 0.25) is 0 Å². The largest absolute Gasteiger partial charge is 0.398 e.